The normalized spacial score (nSPS) is 12.0. The van der Waals surface area contributed by atoms with E-state index in [9.17, 15) is 0 Å². The minimum absolute atomic E-state index is 0.235. The van der Waals surface area contributed by atoms with Gasteiger partial charge in [0.1, 0.15) is 11.4 Å². The Morgan fingerprint density at radius 2 is 1.86 bits per heavy atom. The number of rotatable bonds is 3. The molecule has 1 aromatic carbocycles. The first-order valence-corrected chi connectivity index (χ1v) is 4.93. The highest BCUT2D eigenvalue weighted by molar-refractivity contribution is 5.32. The smallest absolute Gasteiger partial charge is 0.123 e. The molecular formula is C13H18O. The summed E-state index contributed by atoms with van der Waals surface area (Å²) in [6.45, 7) is 8.17. The lowest BCUT2D eigenvalue weighted by Gasteiger charge is -2.23. The van der Waals surface area contributed by atoms with Gasteiger partial charge in [0.05, 0.1) is 0 Å². The molecule has 0 amide bonds. The van der Waals surface area contributed by atoms with Crippen molar-refractivity contribution in [1.29, 1.82) is 0 Å². The van der Waals surface area contributed by atoms with Crippen LogP contribution in [0.15, 0.2) is 36.4 Å². The molecule has 0 radical (unpaired) electrons. The Morgan fingerprint density at radius 1 is 1.21 bits per heavy atom. The lowest BCUT2D eigenvalue weighted by molar-refractivity contribution is 0.160. The van der Waals surface area contributed by atoms with Crippen molar-refractivity contribution in [3.05, 3.63) is 42.0 Å². The fourth-order valence-corrected chi connectivity index (χ4v) is 1.39. The summed E-state index contributed by atoms with van der Waals surface area (Å²) in [5.74, 6) is 0.954. The van der Waals surface area contributed by atoms with E-state index in [0.717, 1.165) is 5.75 Å². The average molecular weight is 190 g/mol. The Morgan fingerprint density at radius 3 is 2.43 bits per heavy atom. The molecule has 14 heavy (non-hydrogen) atoms. The summed E-state index contributed by atoms with van der Waals surface area (Å²) in [6.07, 6.45) is 4.07. The van der Waals surface area contributed by atoms with E-state index < -0.39 is 0 Å². The first kappa shape index (κ1) is 10.8. The lowest BCUT2D eigenvalue weighted by atomic mass is 10.1. The maximum absolute atomic E-state index is 5.89. The van der Waals surface area contributed by atoms with Gasteiger partial charge >= 0.3 is 0 Å². The van der Waals surface area contributed by atoms with Gasteiger partial charge in [-0.2, -0.15) is 0 Å². The van der Waals surface area contributed by atoms with E-state index in [4.69, 9.17) is 4.74 Å². The molecule has 1 rings (SSSR count). The third-order valence-corrected chi connectivity index (χ3v) is 2.03. The van der Waals surface area contributed by atoms with Gasteiger partial charge in [-0.15, -0.1) is 0 Å². The van der Waals surface area contributed by atoms with Gasteiger partial charge in [0.2, 0.25) is 0 Å². The Balaban J connectivity index is 2.83. The Labute approximate surface area is 86.4 Å². The van der Waals surface area contributed by atoms with Gasteiger partial charge in [-0.1, -0.05) is 24.3 Å². The van der Waals surface area contributed by atoms with Gasteiger partial charge in [-0.25, -0.2) is 0 Å². The van der Waals surface area contributed by atoms with E-state index >= 15 is 0 Å². The highest BCUT2D eigenvalue weighted by Crippen LogP contribution is 2.22. The predicted octanol–water partition coefficient (Wildman–Crippen LogP) is 3.73. The number of hydrogen-bond donors (Lipinski definition) is 0. The number of aryl methyl sites for hydroxylation is 1. The molecule has 0 atom stereocenters. The summed E-state index contributed by atoms with van der Waals surface area (Å²) >= 11 is 0. The van der Waals surface area contributed by atoms with Crippen LogP contribution in [0.25, 0.3) is 0 Å². The maximum atomic E-state index is 5.89. The van der Waals surface area contributed by atoms with Crippen LogP contribution in [0.2, 0.25) is 0 Å². The first-order chi connectivity index (χ1) is 6.55. The van der Waals surface area contributed by atoms with Crippen LogP contribution < -0.4 is 4.74 Å². The highest BCUT2D eigenvalue weighted by Gasteiger charge is 2.15. The van der Waals surface area contributed by atoms with Crippen LogP contribution in [0.4, 0.5) is 0 Å². The number of ether oxygens (including phenoxy) is 1. The molecule has 0 heterocycles. The van der Waals surface area contributed by atoms with E-state index in [1.165, 1.54) is 5.56 Å². The van der Waals surface area contributed by atoms with Crippen LogP contribution in [0.5, 0.6) is 5.75 Å². The van der Waals surface area contributed by atoms with E-state index in [-0.39, 0.29) is 5.60 Å². The van der Waals surface area contributed by atoms with Gasteiger partial charge in [0.15, 0.2) is 0 Å². The zero-order chi connectivity index (χ0) is 10.6. The van der Waals surface area contributed by atoms with Crippen LogP contribution in [-0.2, 0) is 0 Å². The van der Waals surface area contributed by atoms with E-state index in [2.05, 4.69) is 32.9 Å². The second-order valence-electron chi connectivity index (χ2n) is 3.97. The second-order valence-corrected chi connectivity index (χ2v) is 3.97. The van der Waals surface area contributed by atoms with Crippen molar-refractivity contribution in [3.8, 4) is 5.75 Å². The highest BCUT2D eigenvalue weighted by atomic mass is 16.5. The molecule has 0 fully saturated rings. The molecule has 1 aromatic rings. The van der Waals surface area contributed by atoms with Crippen molar-refractivity contribution >= 4 is 0 Å². The van der Waals surface area contributed by atoms with Crippen molar-refractivity contribution in [2.45, 2.75) is 33.3 Å². The van der Waals surface area contributed by atoms with Crippen molar-refractivity contribution in [2.24, 2.45) is 0 Å². The zero-order valence-corrected chi connectivity index (χ0v) is 9.37. The standard InChI is InChI=1S/C13H18O/c1-5-10-13(3,4)14-12-9-7-6-8-11(12)2/h5-10H,1-4H3/b10-5-. The summed E-state index contributed by atoms with van der Waals surface area (Å²) in [5.41, 5.74) is 0.936. The van der Waals surface area contributed by atoms with Crippen molar-refractivity contribution in [3.63, 3.8) is 0 Å². The quantitative estimate of drug-likeness (QED) is 0.660. The molecule has 1 nitrogen and oxygen atoms in total. The number of para-hydroxylation sites is 1. The summed E-state index contributed by atoms with van der Waals surface area (Å²) in [5, 5.41) is 0. The molecule has 0 saturated heterocycles. The maximum Gasteiger partial charge on any atom is 0.123 e. The summed E-state index contributed by atoms with van der Waals surface area (Å²) in [7, 11) is 0. The molecule has 0 unspecified atom stereocenters. The van der Waals surface area contributed by atoms with Crippen LogP contribution in [0, 0.1) is 6.92 Å². The molecule has 0 aliphatic rings. The van der Waals surface area contributed by atoms with Gasteiger partial charge in [-0.05, 0) is 45.4 Å². The zero-order valence-electron chi connectivity index (χ0n) is 9.37. The average Bonchev–Trinajstić information content (AvgIpc) is 2.08. The number of allylic oxidation sites excluding steroid dienone is 1. The summed E-state index contributed by atoms with van der Waals surface area (Å²) in [6, 6.07) is 8.07. The Kier molecular flexibility index (Phi) is 3.34. The second kappa shape index (κ2) is 4.32. The van der Waals surface area contributed by atoms with E-state index in [0.29, 0.717) is 0 Å². The summed E-state index contributed by atoms with van der Waals surface area (Å²) < 4.78 is 5.89. The van der Waals surface area contributed by atoms with Crippen molar-refractivity contribution < 1.29 is 4.74 Å². The van der Waals surface area contributed by atoms with Gasteiger partial charge in [0, 0.05) is 0 Å². The minimum atomic E-state index is -0.235. The van der Waals surface area contributed by atoms with Crippen LogP contribution >= 0.6 is 0 Å². The third kappa shape index (κ3) is 2.91. The van der Waals surface area contributed by atoms with Crippen molar-refractivity contribution in [1.82, 2.24) is 0 Å². The van der Waals surface area contributed by atoms with E-state index in [1.54, 1.807) is 0 Å². The van der Waals surface area contributed by atoms with Crippen LogP contribution in [0.1, 0.15) is 26.3 Å². The Hall–Kier alpha value is -1.24. The monoisotopic (exact) mass is 190 g/mol. The fourth-order valence-electron chi connectivity index (χ4n) is 1.39. The topological polar surface area (TPSA) is 9.23 Å². The number of hydrogen-bond acceptors (Lipinski definition) is 1. The Bertz CT molecular complexity index is 324. The van der Waals surface area contributed by atoms with Crippen molar-refractivity contribution in [2.75, 3.05) is 0 Å². The molecule has 0 N–H and O–H groups in total. The molecule has 0 saturated carbocycles. The molecule has 76 valence electrons. The predicted molar refractivity (Wildman–Crippen MR) is 60.7 cm³/mol. The lowest BCUT2D eigenvalue weighted by Crippen LogP contribution is -2.25. The van der Waals surface area contributed by atoms with Gasteiger partial charge < -0.3 is 4.74 Å². The van der Waals surface area contributed by atoms with Gasteiger partial charge in [0.25, 0.3) is 0 Å². The molecule has 1 heteroatoms. The molecule has 0 bridgehead atoms. The van der Waals surface area contributed by atoms with E-state index in [1.807, 2.05) is 31.2 Å². The summed E-state index contributed by atoms with van der Waals surface area (Å²) in [4.78, 5) is 0. The SMILES string of the molecule is C/C=C\C(C)(C)Oc1ccccc1C. The van der Waals surface area contributed by atoms with Crippen LogP contribution in [0.3, 0.4) is 0 Å². The molecular weight excluding hydrogens is 172 g/mol. The molecule has 0 spiro atoms. The fraction of sp³-hybridized carbons (Fsp3) is 0.385. The largest absolute Gasteiger partial charge is 0.484 e. The van der Waals surface area contributed by atoms with Gasteiger partial charge in [-0.3, -0.25) is 0 Å². The number of benzene rings is 1. The van der Waals surface area contributed by atoms with Crippen LogP contribution in [-0.4, -0.2) is 5.60 Å². The first-order valence-electron chi connectivity index (χ1n) is 4.93. The molecule has 0 aromatic heterocycles. The molecule has 0 aliphatic carbocycles. The third-order valence-electron chi connectivity index (χ3n) is 2.03. The minimum Gasteiger partial charge on any atom is -0.484 e. The molecule has 0 aliphatic heterocycles.